The Labute approximate surface area is 87.6 Å². The Morgan fingerprint density at radius 3 is 3.00 bits per heavy atom. The van der Waals surface area contributed by atoms with Crippen LogP contribution in [0.1, 0.15) is 18.1 Å². The number of amides is 1. The first-order valence-corrected chi connectivity index (χ1v) is 4.96. The highest BCUT2D eigenvalue weighted by atomic mass is 16.5. The summed E-state index contributed by atoms with van der Waals surface area (Å²) in [5.41, 5.74) is 0. The van der Waals surface area contributed by atoms with E-state index in [1.54, 1.807) is 18.9 Å². The van der Waals surface area contributed by atoms with Crippen molar-refractivity contribution in [2.75, 3.05) is 13.6 Å². The monoisotopic (exact) mass is 210 g/mol. The van der Waals surface area contributed by atoms with E-state index in [0.717, 1.165) is 13.0 Å². The van der Waals surface area contributed by atoms with Crippen LogP contribution < -0.4 is 5.32 Å². The van der Waals surface area contributed by atoms with E-state index in [4.69, 9.17) is 4.52 Å². The number of nitrogens with zero attached hydrogens (tertiary/aromatic N) is 3. The molecule has 0 aromatic carbocycles. The predicted molar refractivity (Wildman–Crippen MR) is 51.9 cm³/mol. The highest BCUT2D eigenvalue weighted by Gasteiger charge is 2.30. The summed E-state index contributed by atoms with van der Waals surface area (Å²) < 4.78 is 4.85. The molecule has 1 fully saturated rings. The number of hydrogen-bond acceptors (Lipinski definition) is 5. The fourth-order valence-electron chi connectivity index (χ4n) is 1.74. The lowest BCUT2D eigenvalue weighted by atomic mass is 10.3. The maximum atomic E-state index is 11.7. The van der Waals surface area contributed by atoms with E-state index in [1.807, 2.05) is 0 Å². The number of carbonyl (C=O) groups is 1. The number of likely N-dealkylation sites (N-methyl/N-ethyl adjacent to an activating group) is 1. The first-order chi connectivity index (χ1) is 7.20. The summed E-state index contributed by atoms with van der Waals surface area (Å²) in [6.45, 7) is 2.92. The molecule has 1 aliphatic rings. The Hall–Kier alpha value is -1.43. The summed E-state index contributed by atoms with van der Waals surface area (Å²) in [6, 6.07) is -0.0574. The van der Waals surface area contributed by atoms with Crippen LogP contribution in [0.25, 0.3) is 0 Å². The lowest BCUT2D eigenvalue weighted by molar-refractivity contribution is -0.129. The normalized spacial score (nSPS) is 21.3. The highest BCUT2D eigenvalue weighted by molar-refractivity contribution is 5.83. The van der Waals surface area contributed by atoms with Gasteiger partial charge in [0, 0.05) is 13.5 Å². The van der Waals surface area contributed by atoms with Gasteiger partial charge >= 0.3 is 0 Å². The summed E-state index contributed by atoms with van der Waals surface area (Å²) in [5.74, 6) is 1.21. The molecule has 0 radical (unpaired) electrons. The van der Waals surface area contributed by atoms with Gasteiger partial charge in [0.25, 0.3) is 0 Å². The lowest BCUT2D eigenvalue weighted by Crippen LogP contribution is -2.36. The number of nitrogens with one attached hydrogen (secondary N) is 1. The van der Waals surface area contributed by atoms with E-state index in [1.165, 1.54) is 0 Å². The number of rotatable bonds is 3. The topological polar surface area (TPSA) is 71.3 Å². The number of hydrogen-bond donors (Lipinski definition) is 1. The van der Waals surface area contributed by atoms with Crippen LogP contribution in [-0.4, -0.2) is 40.6 Å². The first-order valence-electron chi connectivity index (χ1n) is 4.96. The van der Waals surface area contributed by atoms with E-state index in [2.05, 4.69) is 15.5 Å². The number of likely N-dealkylation sites (tertiary alicyclic amines) is 1. The van der Waals surface area contributed by atoms with Gasteiger partial charge < -0.3 is 14.7 Å². The molecule has 1 unspecified atom stereocenters. The zero-order valence-corrected chi connectivity index (χ0v) is 8.86. The second kappa shape index (κ2) is 3.98. The molecule has 82 valence electrons. The molecule has 1 aromatic rings. The summed E-state index contributed by atoms with van der Waals surface area (Å²) in [4.78, 5) is 17.5. The van der Waals surface area contributed by atoms with Gasteiger partial charge in [0.15, 0.2) is 5.82 Å². The van der Waals surface area contributed by atoms with Crippen molar-refractivity contribution < 1.29 is 9.32 Å². The van der Waals surface area contributed by atoms with E-state index in [-0.39, 0.29) is 11.9 Å². The van der Waals surface area contributed by atoms with Crippen molar-refractivity contribution in [3.63, 3.8) is 0 Å². The molecule has 0 saturated carbocycles. The fraction of sp³-hybridized carbons (Fsp3) is 0.667. The lowest BCUT2D eigenvalue weighted by Gasteiger charge is -2.13. The van der Waals surface area contributed by atoms with Crippen LogP contribution in [0.5, 0.6) is 0 Å². The average Bonchev–Trinajstić information content (AvgIpc) is 2.76. The van der Waals surface area contributed by atoms with Gasteiger partial charge in [0.1, 0.15) is 0 Å². The number of aryl methyl sites for hydroxylation is 1. The fourth-order valence-corrected chi connectivity index (χ4v) is 1.74. The second-order valence-corrected chi connectivity index (χ2v) is 3.62. The van der Waals surface area contributed by atoms with Crippen LogP contribution in [0.3, 0.4) is 0 Å². The van der Waals surface area contributed by atoms with Crippen molar-refractivity contribution in [3.8, 4) is 0 Å². The van der Waals surface area contributed by atoms with Gasteiger partial charge in [-0.2, -0.15) is 4.98 Å². The molecule has 15 heavy (non-hydrogen) atoms. The number of aromatic nitrogens is 2. The maximum absolute atomic E-state index is 11.7. The molecule has 6 heteroatoms. The molecule has 1 N–H and O–H groups in total. The Morgan fingerprint density at radius 2 is 2.47 bits per heavy atom. The summed E-state index contributed by atoms with van der Waals surface area (Å²) >= 11 is 0. The SMILES string of the molecule is CNC1CCN(Cc2noc(C)n2)C1=O. The minimum absolute atomic E-state index is 0.0574. The largest absolute Gasteiger partial charge is 0.340 e. The summed E-state index contributed by atoms with van der Waals surface area (Å²) in [5, 5.41) is 6.74. The minimum Gasteiger partial charge on any atom is -0.340 e. The molecule has 0 aliphatic carbocycles. The Morgan fingerprint density at radius 1 is 1.67 bits per heavy atom. The Bertz CT molecular complexity index is 363. The number of carbonyl (C=O) groups excluding carboxylic acids is 1. The molecule has 1 amide bonds. The molecule has 1 aromatic heterocycles. The molecule has 1 saturated heterocycles. The summed E-state index contributed by atoms with van der Waals surface area (Å²) in [6.07, 6.45) is 0.839. The van der Waals surface area contributed by atoms with Crippen molar-refractivity contribution in [1.29, 1.82) is 0 Å². The van der Waals surface area contributed by atoms with Gasteiger partial charge in [-0.1, -0.05) is 5.16 Å². The van der Waals surface area contributed by atoms with Gasteiger partial charge in [0.2, 0.25) is 11.8 Å². The van der Waals surface area contributed by atoms with E-state index in [9.17, 15) is 4.79 Å². The third-order valence-electron chi connectivity index (χ3n) is 2.55. The summed E-state index contributed by atoms with van der Waals surface area (Å²) in [7, 11) is 1.80. The van der Waals surface area contributed by atoms with Crippen molar-refractivity contribution in [2.45, 2.75) is 25.9 Å². The van der Waals surface area contributed by atoms with E-state index < -0.39 is 0 Å². The Balaban J connectivity index is 1.99. The van der Waals surface area contributed by atoms with Crippen LogP contribution >= 0.6 is 0 Å². The van der Waals surface area contributed by atoms with Crippen molar-refractivity contribution in [3.05, 3.63) is 11.7 Å². The van der Waals surface area contributed by atoms with Crippen LogP contribution in [0.4, 0.5) is 0 Å². The molecule has 1 atom stereocenters. The van der Waals surface area contributed by atoms with Gasteiger partial charge in [-0.05, 0) is 13.5 Å². The minimum atomic E-state index is -0.0574. The third-order valence-corrected chi connectivity index (χ3v) is 2.55. The molecular weight excluding hydrogens is 196 g/mol. The van der Waals surface area contributed by atoms with Crippen LogP contribution in [0, 0.1) is 6.92 Å². The average molecular weight is 210 g/mol. The van der Waals surface area contributed by atoms with Crippen LogP contribution in [0.15, 0.2) is 4.52 Å². The molecule has 0 bridgehead atoms. The third kappa shape index (κ3) is 1.99. The van der Waals surface area contributed by atoms with Crippen molar-refractivity contribution in [2.24, 2.45) is 0 Å². The van der Waals surface area contributed by atoms with Gasteiger partial charge in [0.05, 0.1) is 12.6 Å². The second-order valence-electron chi connectivity index (χ2n) is 3.62. The zero-order valence-electron chi connectivity index (χ0n) is 8.86. The molecule has 2 rings (SSSR count). The molecule has 2 heterocycles. The standard InChI is InChI=1S/C9H14N4O2/c1-6-11-8(12-15-6)5-13-4-3-7(10-2)9(13)14/h7,10H,3-5H2,1-2H3. The Kier molecular flexibility index (Phi) is 2.68. The molecule has 0 spiro atoms. The van der Waals surface area contributed by atoms with Crippen LogP contribution in [-0.2, 0) is 11.3 Å². The smallest absolute Gasteiger partial charge is 0.240 e. The first kappa shape index (κ1) is 10.1. The predicted octanol–water partition coefficient (Wildman–Crippen LogP) is -0.302. The highest BCUT2D eigenvalue weighted by Crippen LogP contribution is 2.13. The molecule has 6 nitrogen and oxygen atoms in total. The van der Waals surface area contributed by atoms with E-state index in [0.29, 0.717) is 18.3 Å². The van der Waals surface area contributed by atoms with E-state index >= 15 is 0 Å². The molecular formula is C9H14N4O2. The zero-order chi connectivity index (χ0) is 10.8. The van der Waals surface area contributed by atoms with Crippen molar-refractivity contribution >= 4 is 5.91 Å². The van der Waals surface area contributed by atoms with Crippen molar-refractivity contribution in [1.82, 2.24) is 20.4 Å². The van der Waals surface area contributed by atoms with Crippen LogP contribution in [0.2, 0.25) is 0 Å². The molecule has 1 aliphatic heterocycles. The maximum Gasteiger partial charge on any atom is 0.240 e. The van der Waals surface area contributed by atoms with Gasteiger partial charge in [-0.15, -0.1) is 0 Å². The van der Waals surface area contributed by atoms with Gasteiger partial charge in [-0.3, -0.25) is 4.79 Å². The van der Waals surface area contributed by atoms with Gasteiger partial charge in [-0.25, -0.2) is 0 Å². The quantitative estimate of drug-likeness (QED) is 0.741.